The van der Waals surface area contributed by atoms with Gasteiger partial charge in [0.25, 0.3) is 11.8 Å². The van der Waals surface area contributed by atoms with Crippen molar-refractivity contribution >= 4 is 40.5 Å². The van der Waals surface area contributed by atoms with Crippen molar-refractivity contribution in [3.8, 4) is 0 Å². The summed E-state index contributed by atoms with van der Waals surface area (Å²) in [7, 11) is 1.87. The third-order valence-corrected chi connectivity index (χ3v) is 4.74. The Morgan fingerprint density at radius 3 is 2.41 bits per heavy atom. The van der Waals surface area contributed by atoms with Gasteiger partial charge in [-0.25, -0.2) is 9.69 Å². The van der Waals surface area contributed by atoms with E-state index in [1.807, 2.05) is 48.0 Å². The molecule has 0 saturated carbocycles. The number of fused-ring (bicyclic) bond motifs is 1. The fraction of sp³-hybridized carbons (Fsp3) is 0.0952. The van der Waals surface area contributed by atoms with Crippen molar-refractivity contribution in [1.82, 2.24) is 9.88 Å². The quantitative estimate of drug-likeness (QED) is 0.564. The number of aromatic nitrogens is 1. The molecule has 0 spiro atoms. The van der Waals surface area contributed by atoms with Gasteiger partial charge in [-0.2, -0.15) is 0 Å². The molecule has 0 aliphatic carbocycles. The second-order valence-electron chi connectivity index (χ2n) is 6.43. The molecule has 3 aromatic rings. The number of aryl methyl sites for hydroxylation is 2. The molecule has 2 aromatic carbocycles. The van der Waals surface area contributed by atoms with Crippen LogP contribution in [0.4, 0.5) is 10.5 Å². The van der Waals surface area contributed by atoms with Crippen molar-refractivity contribution in [2.75, 3.05) is 4.90 Å². The lowest BCUT2D eigenvalue weighted by Gasteiger charge is -2.27. The highest BCUT2D eigenvalue weighted by molar-refractivity contribution is 6.39. The number of amides is 4. The van der Waals surface area contributed by atoms with Crippen LogP contribution in [0.15, 0.2) is 60.2 Å². The number of carbonyl (C=O) groups excluding carboxylic acids is 3. The zero-order valence-electron chi connectivity index (χ0n) is 14.9. The maximum Gasteiger partial charge on any atom is 0.335 e. The van der Waals surface area contributed by atoms with E-state index in [4.69, 9.17) is 0 Å². The molecule has 4 amide bonds. The normalized spacial score (nSPS) is 16.3. The van der Waals surface area contributed by atoms with E-state index >= 15 is 0 Å². The topological polar surface area (TPSA) is 71.4 Å². The van der Waals surface area contributed by atoms with Crippen molar-refractivity contribution in [2.24, 2.45) is 7.05 Å². The van der Waals surface area contributed by atoms with Gasteiger partial charge in [0.05, 0.1) is 5.69 Å². The number of anilines is 1. The van der Waals surface area contributed by atoms with Crippen molar-refractivity contribution in [2.45, 2.75) is 6.92 Å². The summed E-state index contributed by atoms with van der Waals surface area (Å²) in [6, 6.07) is 16.0. The summed E-state index contributed by atoms with van der Waals surface area (Å²) < 4.78 is 1.90. The minimum absolute atomic E-state index is 0.0799. The second kappa shape index (κ2) is 6.25. The molecule has 0 atom stereocenters. The minimum Gasteiger partial charge on any atom is -0.344 e. The summed E-state index contributed by atoms with van der Waals surface area (Å²) in [6.07, 6.45) is 1.52. The summed E-state index contributed by atoms with van der Waals surface area (Å²) >= 11 is 0. The van der Waals surface area contributed by atoms with Gasteiger partial charge in [0.1, 0.15) is 5.57 Å². The predicted octanol–water partition coefficient (Wildman–Crippen LogP) is 3.15. The smallest absolute Gasteiger partial charge is 0.335 e. The van der Waals surface area contributed by atoms with E-state index in [-0.39, 0.29) is 5.57 Å². The van der Waals surface area contributed by atoms with Crippen LogP contribution in [0.3, 0.4) is 0 Å². The first-order chi connectivity index (χ1) is 13.0. The first kappa shape index (κ1) is 16.8. The van der Waals surface area contributed by atoms with Crippen LogP contribution >= 0.6 is 0 Å². The Kier molecular flexibility index (Phi) is 3.88. The second-order valence-corrected chi connectivity index (χ2v) is 6.43. The Hall–Kier alpha value is -3.67. The van der Waals surface area contributed by atoms with E-state index in [9.17, 15) is 14.4 Å². The van der Waals surface area contributed by atoms with E-state index in [1.165, 1.54) is 6.08 Å². The van der Waals surface area contributed by atoms with Crippen molar-refractivity contribution in [3.63, 3.8) is 0 Å². The molecule has 134 valence electrons. The maximum atomic E-state index is 13.0. The molecule has 6 nitrogen and oxygen atoms in total. The average Bonchev–Trinajstić information content (AvgIpc) is 2.96. The fourth-order valence-electron chi connectivity index (χ4n) is 3.29. The number of para-hydroxylation sites is 2. The first-order valence-corrected chi connectivity index (χ1v) is 8.49. The molecule has 0 bridgehead atoms. The standard InChI is InChI=1S/C21H17N3O3/c1-13-7-3-5-9-17(13)24-20(26)16(19(25)22-21(24)27)12-15-11-14-8-4-6-10-18(14)23(15)2/h3-12H,1-2H3,(H,22,25,27)/b16-12-. The van der Waals surface area contributed by atoms with Gasteiger partial charge in [0.2, 0.25) is 0 Å². The molecule has 27 heavy (non-hydrogen) atoms. The number of rotatable bonds is 2. The van der Waals surface area contributed by atoms with Gasteiger partial charge in [-0.1, -0.05) is 36.4 Å². The molecule has 1 fully saturated rings. The summed E-state index contributed by atoms with van der Waals surface area (Å²) in [5.74, 6) is -1.33. The lowest BCUT2D eigenvalue weighted by molar-refractivity contribution is -0.122. The van der Waals surface area contributed by atoms with E-state index < -0.39 is 17.8 Å². The Morgan fingerprint density at radius 2 is 1.67 bits per heavy atom. The summed E-state index contributed by atoms with van der Waals surface area (Å²) in [4.78, 5) is 38.7. The van der Waals surface area contributed by atoms with Crippen LogP contribution in [-0.2, 0) is 16.6 Å². The molecular formula is C21H17N3O3. The highest BCUT2D eigenvalue weighted by Crippen LogP contribution is 2.26. The molecule has 1 saturated heterocycles. The Labute approximate surface area is 155 Å². The van der Waals surface area contributed by atoms with Crippen molar-refractivity contribution in [3.05, 3.63) is 71.4 Å². The number of barbiturate groups is 1. The first-order valence-electron chi connectivity index (χ1n) is 8.49. The van der Waals surface area contributed by atoms with Crippen LogP contribution in [-0.4, -0.2) is 22.4 Å². The third kappa shape index (κ3) is 2.71. The van der Waals surface area contributed by atoms with Gasteiger partial charge < -0.3 is 4.57 Å². The summed E-state index contributed by atoms with van der Waals surface area (Å²) in [5.41, 5.74) is 2.83. The molecule has 6 heteroatoms. The lowest BCUT2D eigenvalue weighted by Crippen LogP contribution is -2.54. The van der Waals surface area contributed by atoms with Gasteiger partial charge in [-0.15, -0.1) is 0 Å². The molecule has 4 rings (SSSR count). The van der Waals surface area contributed by atoms with Gasteiger partial charge in [0, 0.05) is 23.6 Å². The van der Waals surface area contributed by atoms with Crippen LogP contribution < -0.4 is 10.2 Å². The molecule has 1 aliphatic heterocycles. The van der Waals surface area contributed by atoms with Gasteiger partial charge >= 0.3 is 6.03 Å². The number of hydrogen-bond donors (Lipinski definition) is 1. The number of benzene rings is 2. The van der Waals surface area contributed by atoms with E-state index in [0.717, 1.165) is 21.4 Å². The van der Waals surface area contributed by atoms with Crippen LogP contribution in [0.1, 0.15) is 11.3 Å². The third-order valence-electron chi connectivity index (χ3n) is 4.74. The van der Waals surface area contributed by atoms with Crippen LogP contribution in [0.25, 0.3) is 17.0 Å². The monoisotopic (exact) mass is 359 g/mol. The van der Waals surface area contributed by atoms with Crippen LogP contribution in [0.2, 0.25) is 0 Å². The molecule has 1 aromatic heterocycles. The van der Waals surface area contributed by atoms with E-state index in [1.54, 1.807) is 25.1 Å². The SMILES string of the molecule is Cc1ccccc1N1C(=O)NC(=O)/C(=C/c2cc3ccccc3n2C)C1=O. The maximum absolute atomic E-state index is 13.0. The zero-order valence-corrected chi connectivity index (χ0v) is 14.9. The number of nitrogens with one attached hydrogen (secondary N) is 1. The Bertz CT molecular complexity index is 1140. The zero-order chi connectivity index (χ0) is 19.1. The number of carbonyl (C=O) groups is 3. The summed E-state index contributed by atoms with van der Waals surface area (Å²) in [6.45, 7) is 1.81. The number of urea groups is 1. The summed E-state index contributed by atoms with van der Waals surface area (Å²) in [5, 5.41) is 3.26. The van der Waals surface area contributed by atoms with E-state index in [2.05, 4.69) is 5.32 Å². The van der Waals surface area contributed by atoms with Crippen LogP contribution in [0, 0.1) is 6.92 Å². The van der Waals surface area contributed by atoms with Gasteiger partial charge in [0.15, 0.2) is 0 Å². The largest absolute Gasteiger partial charge is 0.344 e. The molecule has 2 heterocycles. The Morgan fingerprint density at radius 1 is 0.963 bits per heavy atom. The van der Waals surface area contributed by atoms with Crippen molar-refractivity contribution in [1.29, 1.82) is 0 Å². The van der Waals surface area contributed by atoms with Crippen molar-refractivity contribution < 1.29 is 14.4 Å². The lowest BCUT2D eigenvalue weighted by atomic mass is 10.1. The molecule has 0 unspecified atom stereocenters. The highest BCUT2D eigenvalue weighted by Gasteiger charge is 2.37. The fourth-order valence-corrected chi connectivity index (χ4v) is 3.29. The predicted molar refractivity (Wildman–Crippen MR) is 103 cm³/mol. The average molecular weight is 359 g/mol. The number of imide groups is 2. The molecule has 1 N–H and O–H groups in total. The molecule has 0 radical (unpaired) electrons. The molecule has 1 aliphatic rings. The Balaban J connectivity index is 1.82. The minimum atomic E-state index is -0.742. The van der Waals surface area contributed by atoms with Gasteiger partial charge in [-0.3, -0.25) is 14.9 Å². The van der Waals surface area contributed by atoms with E-state index in [0.29, 0.717) is 11.4 Å². The molecular weight excluding hydrogens is 342 g/mol. The number of nitrogens with zero attached hydrogens (tertiary/aromatic N) is 2. The van der Waals surface area contributed by atoms with Gasteiger partial charge in [-0.05, 0) is 36.8 Å². The number of hydrogen-bond acceptors (Lipinski definition) is 3. The highest BCUT2D eigenvalue weighted by atomic mass is 16.2. The van der Waals surface area contributed by atoms with Crippen LogP contribution in [0.5, 0.6) is 0 Å².